The van der Waals surface area contributed by atoms with Crippen molar-refractivity contribution in [2.45, 2.75) is 69.7 Å². The molecule has 0 radical (unpaired) electrons. The molecule has 80 valence electrons. The number of ether oxygens (including phenoxy) is 3. The molecule has 0 aromatic carbocycles. The predicted molar refractivity (Wildman–Crippen MR) is 50.7 cm³/mol. The highest BCUT2D eigenvalue weighted by atomic mass is 16.8. The van der Waals surface area contributed by atoms with E-state index in [1.807, 2.05) is 13.8 Å². The Hall–Kier alpha value is -0.120. The molecule has 4 aliphatic heterocycles. The summed E-state index contributed by atoms with van der Waals surface area (Å²) in [5.74, 6) is -0.875. The van der Waals surface area contributed by atoms with Gasteiger partial charge in [-0.2, -0.15) is 0 Å². The van der Waals surface area contributed by atoms with E-state index in [-0.39, 0.29) is 11.2 Å². The standard InChI is InChI=1S/C11H18O3/c1-8-5-9(2)7-11(4,12-8)14-10(3,6-8)13-9/h5-7H2,1-4H3. The van der Waals surface area contributed by atoms with Crippen LogP contribution >= 0.6 is 0 Å². The highest BCUT2D eigenvalue weighted by Gasteiger charge is 2.66. The molecular weight excluding hydrogens is 180 g/mol. The van der Waals surface area contributed by atoms with Crippen LogP contribution in [0.3, 0.4) is 0 Å². The lowest BCUT2D eigenvalue weighted by atomic mass is 9.72. The number of hydrogen-bond donors (Lipinski definition) is 0. The van der Waals surface area contributed by atoms with Crippen molar-refractivity contribution in [1.82, 2.24) is 0 Å². The van der Waals surface area contributed by atoms with Gasteiger partial charge in [0.25, 0.3) is 0 Å². The molecule has 0 aromatic rings. The molecule has 4 saturated heterocycles. The molecule has 0 spiro atoms. The molecule has 4 rings (SSSR count). The van der Waals surface area contributed by atoms with Gasteiger partial charge in [0.1, 0.15) is 0 Å². The minimum absolute atomic E-state index is 0.0625. The summed E-state index contributed by atoms with van der Waals surface area (Å²) in [5.41, 5.74) is -0.125. The van der Waals surface area contributed by atoms with Crippen LogP contribution in [-0.2, 0) is 14.2 Å². The number of rotatable bonds is 0. The van der Waals surface area contributed by atoms with Gasteiger partial charge in [0.05, 0.1) is 11.2 Å². The average Bonchev–Trinajstić information content (AvgIpc) is 1.67. The first-order valence-electron chi connectivity index (χ1n) is 5.35. The lowest BCUT2D eigenvalue weighted by Gasteiger charge is -2.66. The van der Waals surface area contributed by atoms with Crippen molar-refractivity contribution in [3.8, 4) is 0 Å². The molecule has 0 aromatic heterocycles. The van der Waals surface area contributed by atoms with Crippen molar-refractivity contribution in [2.75, 3.05) is 0 Å². The minimum atomic E-state index is -0.438. The maximum Gasteiger partial charge on any atom is 0.172 e. The summed E-state index contributed by atoms with van der Waals surface area (Å²) in [7, 11) is 0. The summed E-state index contributed by atoms with van der Waals surface area (Å²) >= 11 is 0. The third-order valence-corrected chi connectivity index (χ3v) is 3.49. The lowest BCUT2D eigenvalue weighted by molar-refractivity contribution is -0.512. The first-order chi connectivity index (χ1) is 6.24. The van der Waals surface area contributed by atoms with E-state index in [0.717, 1.165) is 19.3 Å². The smallest absolute Gasteiger partial charge is 0.172 e. The quantitative estimate of drug-likeness (QED) is 0.597. The fraction of sp³-hybridized carbons (Fsp3) is 1.00. The van der Waals surface area contributed by atoms with Crippen LogP contribution in [0.15, 0.2) is 0 Å². The second-order valence-corrected chi connectivity index (χ2v) is 6.00. The van der Waals surface area contributed by atoms with Crippen LogP contribution in [0.5, 0.6) is 0 Å². The van der Waals surface area contributed by atoms with Crippen LogP contribution in [0, 0.1) is 0 Å². The Morgan fingerprint density at radius 2 is 1.07 bits per heavy atom. The van der Waals surface area contributed by atoms with Gasteiger partial charge in [0.2, 0.25) is 0 Å². The van der Waals surface area contributed by atoms with Gasteiger partial charge in [-0.15, -0.1) is 0 Å². The van der Waals surface area contributed by atoms with Crippen molar-refractivity contribution in [2.24, 2.45) is 0 Å². The first kappa shape index (κ1) is 9.13. The fourth-order valence-electron chi connectivity index (χ4n) is 4.10. The first-order valence-corrected chi connectivity index (χ1v) is 5.35. The highest BCUT2D eigenvalue weighted by Crippen LogP contribution is 2.58. The monoisotopic (exact) mass is 198 g/mol. The molecule has 0 amide bonds. The van der Waals surface area contributed by atoms with Gasteiger partial charge in [-0.25, -0.2) is 0 Å². The average molecular weight is 198 g/mol. The zero-order valence-electron chi connectivity index (χ0n) is 9.35. The van der Waals surface area contributed by atoms with E-state index in [1.54, 1.807) is 0 Å². The van der Waals surface area contributed by atoms with Crippen LogP contribution in [0.4, 0.5) is 0 Å². The maximum absolute atomic E-state index is 6.03. The zero-order valence-corrected chi connectivity index (χ0v) is 9.35. The molecular formula is C11H18O3. The largest absolute Gasteiger partial charge is 0.343 e. The molecule has 14 heavy (non-hydrogen) atoms. The number of hydrogen-bond acceptors (Lipinski definition) is 3. The molecule has 4 unspecified atom stereocenters. The molecule has 0 aliphatic carbocycles. The van der Waals surface area contributed by atoms with E-state index in [9.17, 15) is 0 Å². The fourth-order valence-corrected chi connectivity index (χ4v) is 4.10. The third-order valence-electron chi connectivity index (χ3n) is 3.49. The summed E-state index contributed by atoms with van der Waals surface area (Å²) < 4.78 is 17.9. The van der Waals surface area contributed by atoms with Gasteiger partial charge in [-0.3, -0.25) is 0 Å². The van der Waals surface area contributed by atoms with E-state index in [4.69, 9.17) is 14.2 Å². The SMILES string of the molecule is CC12CC3(C)CC(C)(O1)OC(C)(C2)O3. The summed E-state index contributed by atoms with van der Waals surface area (Å²) in [5, 5.41) is 0. The van der Waals surface area contributed by atoms with Crippen LogP contribution in [0.2, 0.25) is 0 Å². The van der Waals surface area contributed by atoms with Crippen molar-refractivity contribution in [3.63, 3.8) is 0 Å². The molecule has 4 heterocycles. The lowest BCUT2D eigenvalue weighted by Crippen LogP contribution is -2.73. The summed E-state index contributed by atoms with van der Waals surface area (Å²) in [6, 6.07) is 0. The molecule has 4 bridgehead atoms. The molecule has 4 aliphatic rings. The summed E-state index contributed by atoms with van der Waals surface area (Å²) in [6.07, 6.45) is 2.66. The van der Waals surface area contributed by atoms with Crippen molar-refractivity contribution in [1.29, 1.82) is 0 Å². The van der Waals surface area contributed by atoms with Gasteiger partial charge in [-0.05, 0) is 27.7 Å². The Kier molecular flexibility index (Phi) is 1.33. The normalized spacial score (nSPS) is 66.0. The van der Waals surface area contributed by atoms with E-state index in [2.05, 4.69) is 13.8 Å². The molecule has 3 nitrogen and oxygen atoms in total. The van der Waals surface area contributed by atoms with Crippen molar-refractivity contribution >= 4 is 0 Å². The van der Waals surface area contributed by atoms with E-state index in [1.165, 1.54) is 0 Å². The topological polar surface area (TPSA) is 27.7 Å². The Balaban J connectivity index is 2.08. The summed E-state index contributed by atoms with van der Waals surface area (Å²) in [4.78, 5) is 0. The third kappa shape index (κ3) is 1.09. The molecule has 0 N–H and O–H groups in total. The van der Waals surface area contributed by atoms with Crippen molar-refractivity contribution < 1.29 is 14.2 Å². The Labute approximate surface area is 84.7 Å². The zero-order chi connectivity index (χ0) is 10.2. The summed E-state index contributed by atoms with van der Waals surface area (Å²) in [6.45, 7) is 8.41. The van der Waals surface area contributed by atoms with Gasteiger partial charge in [0, 0.05) is 19.3 Å². The van der Waals surface area contributed by atoms with Crippen LogP contribution in [-0.4, -0.2) is 22.8 Å². The molecule has 0 saturated carbocycles. The van der Waals surface area contributed by atoms with E-state index < -0.39 is 11.6 Å². The van der Waals surface area contributed by atoms with Crippen LogP contribution in [0.1, 0.15) is 47.0 Å². The van der Waals surface area contributed by atoms with Gasteiger partial charge >= 0.3 is 0 Å². The van der Waals surface area contributed by atoms with Gasteiger partial charge in [0.15, 0.2) is 11.6 Å². The predicted octanol–water partition coefficient (Wildman–Crippen LogP) is 2.20. The van der Waals surface area contributed by atoms with Gasteiger partial charge < -0.3 is 14.2 Å². The Morgan fingerprint density at radius 1 is 0.643 bits per heavy atom. The molecule has 4 atom stereocenters. The van der Waals surface area contributed by atoms with Gasteiger partial charge in [-0.1, -0.05) is 0 Å². The maximum atomic E-state index is 6.03. The minimum Gasteiger partial charge on any atom is -0.343 e. The van der Waals surface area contributed by atoms with E-state index in [0.29, 0.717) is 0 Å². The Morgan fingerprint density at radius 3 is 1.43 bits per heavy atom. The van der Waals surface area contributed by atoms with Crippen molar-refractivity contribution in [3.05, 3.63) is 0 Å². The molecule has 4 fully saturated rings. The van der Waals surface area contributed by atoms with E-state index >= 15 is 0 Å². The van der Waals surface area contributed by atoms with Crippen LogP contribution in [0.25, 0.3) is 0 Å². The second-order valence-electron chi connectivity index (χ2n) is 6.00. The highest BCUT2D eigenvalue weighted by molar-refractivity contribution is 5.07. The Bertz CT molecular complexity index is 203. The molecule has 3 heteroatoms. The second kappa shape index (κ2) is 2.04. The van der Waals surface area contributed by atoms with Crippen LogP contribution < -0.4 is 0 Å².